The molecule has 10 heteroatoms. The normalized spacial score (nSPS) is 12.0. The summed E-state index contributed by atoms with van der Waals surface area (Å²) in [6.45, 7) is 8.45. The molecule has 0 spiro atoms. The minimum absolute atomic E-state index is 0. The topological polar surface area (TPSA) is 18.5 Å². The Hall–Kier alpha value is -4.90. The second-order valence-corrected chi connectivity index (χ2v) is 16.6. The van der Waals surface area contributed by atoms with Crippen molar-refractivity contribution in [1.29, 1.82) is 0 Å². The monoisotopic (exact) mass is 750 g/mol. The van der Waals surface area contributed by atoms with Crippen molar-refractivity contribution in [2.45, 2.75) is 26.6 Å². The van der Waals surface area contributed by atoms with Gasteiger partial charge in [-0.1, -0.05) is 104 Å². The first-order valence-electron chi connectivity index (χ1n) is 16.2. The molecule has 6 aromatic rings. The molecule has 0 aliphatic heterocycles. The van der Waals surface area contributed by atoms with Gasteiger partial charge in [-0.2, -0.15) is 0 Å². The first-order valence-corrected chi connectivity index (χ1v) is 19.7. The predicted molar refractivity (Wildman–Crippen MR) is 206 cm³/mol. The zero-order valence-electron chi connectivity index (χ0n) is 28.6. The summed E-state index contributed by atoms with van der Waals surface area (Å²) in [5, 5.41) is 5.38. The van der Waals surface area contributed by atoms with E-state index in [1.807, 2.05) is 32.0 Å². The predicted octanol–water partition coefficient (Wildman–Crippen LogP) is 8.95. The summed E-state index contributed by atoms with van der Waals surface area (Å²) in [6, 6.07) is 56.7. The second kappa shape index (κ2) is 17.1. The van der Waals surface area contributed by atoms with Gasteiger partial charge in [0.15, 0.2) is 0 Å². The molecule has 0 saturated heterocycles. The fourth-order valence-electron chi connectivity index (χ4n) is 5.82. The van der Waals surface area contributed by atoms with Crippen LogP contribution in [0.15, 0.2) is 164 Å². The van der Waals surface area contributed by atoms with Crippen LogP contribution in [0.1, 0.15) is 25.0 Å². The molecule has 0 amide bonds. The van der Waals surface area contributed by atoms with Crippen molar-refractivity contribution in [3.8, 4) is 22.6 Å². The van der Waals surface area contributed by atoms with Crippen molar-refractivity contribution < 1.29 is 35.2 Å². The zero-order chi connectivity index (χ0) is 36.5. The van der Waals surface area contributed by atoms with Gasteiger partial charge in [-0.05, 0) is 97.3 Å². The maximum atomic E-state index is 9.84. The van der Waals surface area contributed by atoms with E-state index >= 15 is 0 Å². The maximum absolute atomic E-state index is 9.84. The fourth-order valence-corrected chi connectivity index (χ4v) is 10.1. The molecule has 0 saturated carbocycles. The van der Waals surface area contributed by atoms with Crippen molar-refractivity contribution in [3.05, 3.63) is 175 Å². The van der Waals surface area contributed by atoms with Crippen LogP contribution in [0.4, 0.5) is 21.0 Å². The summed E-state index contributed by atoms with van der Waals surface area (Å²) in [4.78, 5) is 0. The molecular formula is C42H38F6O2P2. The van der Waals surface area contributed by atoms with E-state index in [4.69, 9.17) is 9.47 Å². The van der Waals surface area contributed by atoms with Crippen LogP contribution in [0.25, 0.3) is 17.2 Å². The van der Waals surface area contributed by atoms with E-state index in [0.29, 0.717) is 6.61 Å². The molecule has 2 nitrogen and oxygen atoms in total. The van der Waals surface area contributed by atoms with Gasteiger partial charge in [-0.25, -0.2) is 0 Å². The zero-order valence-corrected chi connectivity index (χ0v) is 30.3. The average Bonchev–Trinajstić information content (AvgIpc) is 3.12. The van der Waals surface area contributed by atoms with Crippen LogP contribution in [0.2, 0.25) is 0 Å². The molecule has 0 aliphatic carbocycles. The molecule has 0 radical (unpaired) electrons. The van der Waals surface area contributed by atoms with Crippen molar-refractivity contribution >= 4 is 42.7 Å². The van der Waals surface area contributed by atoms with Gasteiger partial charge in [0.1, 0.15) is 46.6 Å². The van der Waals surface area contributed by atoms with Gasteiger partial charge in [0, 0.05) is 5.56 Å². The molecule has 270 valence electrons. The largest absolute Gasteiger partial charge is 1.00 e. The summed E-state index contributed by atoms with van der Waals surface area (Å²) in [6.07, 6.45) is 1.90. The molecule has 6 aromatic carbocycles. The van der Waals surface area contributed by atoms with Crippen LogP contribution in [-0.4, -0.2) is 6.10 Å². The van der Waals surface area contributed by atoms with E-state index in [9.17, 15) is 21.0 Å². The molecule has 0 unspecified atom stereocenters. The third-order valence-corrected chi connectivity index (χ3v) is 12.2. The summed E-state index contributed by atoms with van der Waals surface area (Å²) in [5.41, 5.74) is 4.41. The van der Waals surface area contributed by atoms with Crippen LogP contribution < -0.4 is 35.4 Å². The van der Waals surface area contributed by atoms with Crippen LogP contribution in [0.5, 0.6) is 11.5 Å². The Labute approximate surface area is 301 Å². The van der Waals surface area contributed by atoms with Crippen molar-refractivity contribution in [3.63, 3.8) is 0 Å². The van der Waals surface area contributed by atoms with E-state index in [1.54, 1.807) is 6.08 Å². The Morgan fingerprint density at radius 1 is 0.596 bits per heavy atom. The van der Waals surface area contributed by atoms with Gasteiger partial charge >= 0.3 is 29.1 Å². The Morgan fingerprint density at radius 2 is 1.00 bits per heavy atom. The van der Waals surface area contributed by atoms with Gasteiger partial charge in [-0.3, -0.25) is 0 Å². The minimum Gasteiger partial charge on any atom is -1.00 e. The van der Waals surface area contributed by atoms with E-state index in [2.05, 4.69) is 146 Å². The van der Waals surface area contributed by atoms with E-state index in [1.165, 1.54) is 32.3 Å². The van der Waals surface area contributed by atoms with Crippen LogP contribution in [-0.2, 0) is 6.61 Å². The number of hydrogen-bond donors (Lipinski definition) is 0. The number of hydrogen-bond acceptors (Lipinski definition) is 2. The number of halogens is 6. The Kier molecular flexibility index (Phi) is 13.1. The molecule has 0 fully saturated rings. The third-order valence-electron chi connectivity index (χ3n) is 7.94. The minimum atomic E-state index is -8.55. The molecule has 0 bridgehead atoms. The quantitative estimate of drug-likeness (QED) is 0.0974. The first-order chi connectivity index (χ1) is 24.3. The van der Waals surface area contributed by atoms with Gasteiger partial charge < -0.3 is 14.2 Å². The van der Waals surface area contributed by atoms with Gasteiger partial charge in [0.25, 0.3) is 0 Å². The molecule has 0 heterocycles. The van der Waals surface area contributed by atoms with Crippen molar-refractivity contribution in [2.75, 3.05) is 0 Å². The van der Waals surface area contributed by atoms with Crippen molar-refractivity contribution in [2.24, 2.45) is 0 Å². The van der Waals surface area contributed by atoms with Gasteiger partial charge in [-0.15, -0.1) is 0 Å². The van der Waals surface area contributed by atoms with Crippen LogP contribution in [0.3, 0.4) is 0 Å². The van der Waals surface area contributed by atoms with Gasteiger partial charge in [0.2, 0.25) is 0 Å². The van der Waals surface area contributed by atoms with Crippen LogP contribution in [0, 0.1) is 0 Å². The number of benzene rings is 6. The standard InChI is InChI=1S/C42H38O2P.F5P.FH/c1-4-34-30-37(26-29-42(34)44-32(2)3)43-31-33-20-22-35(23-21-33)36-24-27-41(28-25-36)45(38-14-8-5-9-15-38,39-16-10-6-11-17-39)40-18-12-7-13-19-40;1-6(2,3,4)5;/h4-30,32H,1,31H2,2-3H3;;1H/q+1;;/p-1. The molecule has 0 aliphatic rings. The summed E-state index contributed by atoms with van der Waals surface area (Å²) in [5.74, 6) is 1.61. The van der Waals surface area contributed by atoms with E-state index in [0.717, 1.165) is 22.6 Å². The SMILES string of the molecule is C=Cc1cc(OCc2ccc(-c3ccc([P+](c4ccccc4)(c4ccccc4)c4ccccc4)cc3)cc2)ccc1OC(C)C.FP(F)(F)(F)F.[F-]. The summed E-state index contributed by atoms with van der Waals surface area (Å²) < 4.78 is 61.2. The first kappa shape index (κ1) is 39.9. The second-order valence-electron chi connectivity index (χ2n) is 11.9. The summed E-state index contributed by atoms with van der Waals surface area (Å²) in [7, 11) is -10.7. The Bertz CT molecular complexity index is 1900. The smallest absolute Gasteiger partial charge is 1.00 e. The maximum Gasteiger partial charge on any atom is -1.00 e. The molecule has 0 N–H and O–H groups in total. The fraction of sp³-hybridized carbons (Fsp3) is 0.0952. The Morgan fingerprint density at radius 3 is 1.40 bits per heavy atom. The Balaban J connectivity index is 0.000000798. The average molecular weight is 751 g/mol. The third kappa shape index (κ3) is 10.6. The van der Waals surface area contributed by atoms with Gasteiger partial charge in [0.05, 0.1) is 6.10 Å². The van der Waals surface area contributed by atoms with Crippen molar-refractivity contribution in [1.82, 2.24) is 0 Å². The number of ether oxygens (including phenoxy) is 2. The summed E-state index contributed by atoms with van der Waals surface area (Å²) >= 11 is 0. The molecule has 0 aromatic heterocycles. The van der Waals surface area contributed by atoms with E-state index < -0.39 is 15.4 Å². The molecule has 52 heavy (non-hydrogen) atoms. The molecule has 6 rings (SSSR count). The molecule has 0 atom stereocenters. The molecular weight excluding hydrogens is 712 g/mol. The van der Waals surface area contributed by atoms with E-state index in [-0.39, 0.29) is 10.8 Å². The van der Waals surface area contributed by atoms with Crippen LogP contribution >= 0.6 is 15.4 Å². The number of rotatable bonds is 11.